The zero-order valence-electron chi connectivity index (χ0n) is 9.11. The maximum Gasteiger partial charge on any atom is 0.334 e. The first-order valence-corrected chi connectivity index (χ1v) is 5.45. The van der Waals surface area contributed by atoms with Crippen LogP contribution in [0.25, 0.3) is 0 Å². The number of allylic oxidation sites excluding steroid dienone is 1. The molecular weight excluding hydrogens is 210 g/mol. The second-order valence-corrected chi connectivity index (χ2v) is 3.94. The molecule has 0 unspecified atom stereocenters. The first-order chi connectivity index (χ1) is 7.59. The summed E-state index contributed by atoms with van der Waals surface area (Å²) in [5.74, 6) is -1.55. The third-order valence-corrected chi connectivity index (χ3v) is 2.55. The van der Waals surface area contributed by atoms with Gasteiger partial charge in [-0.3, -0.25) is 4.79 Å². The average molecular weight is 227 g/mol. The predicted molar refractivity (Wildman–Crippen MR) is 57.8 cm³/mol. The highest BCUT2D eigenvalue weighted by molar-refractivity contribution is 5.79. The van der Waals surface area contributed by atoms with Gasteiger partial charge in [-0.15, -0.1) is 0 Å². The van der Waals surface area contributed by atoms with Crippen LogP contribution in [0.3, 0.4) is 0 Å². The Morgan fingerprint density at radius 2 is 2.19 bits per heavy atom. The first-order valence-electron chi connectivity index (χ1n) is 5.45. The summed E-state index contributed by atoms with van der Waals surface area (Å²) in [6.07, 6.45) is 5.09. The number of carboxylic acid groups (broad SMARTS) is 1. The highest BCUT2D eigenvalue weighted by Gasteiger charge is 2.15. The molecule has 16 heavy (non-hydrogen) atoms. The summed E-state index contributed by atoms with van der Waals surface area (Å²) in [4.78, 5) is 21.7. The van der Waals surface area contributed by atoms with E-state index in [9.17, 15) is 9.59 Å². The molecule has 1 aliphatic rings. The summed E-state index contributed by atoms with van der Waals surface area (Å²) < 4.78 is 0. The topological polar surface area (TPSA) is 86.6 Å². The molecule has 0 heterocycles. The second kappa shape index (κ2) is 6.27. The van der Waals surface area contributed by atoms with Gasteiger partial charge >= 0.3 is 5.97 Å². The number of aliphatic hydroxyl groups is 1. The Morgan fingerprint density at radius 1 is 1.44 bits per heavy atom. The monoisotopic (exact) mass is 227 g/mol. The molecule has 0 saturated heterocycles. The van der Waals surface area contributed by atoms with Crippen LogP contribution in [0.1, 0.15) is 32.1 Å². The van der Waals surface area contributed by atoms with Crippen molar-refractivity contribution >= 4 is 11.9 Å². The Balaban J connectivity index is 2.25. The first kappa shape index (κ1) is 12.7. The number of amides is 1. The van der Waals surface area contributed by atoms with Gasteiger partial charge in [0.15, 0.2) is 6.10 Å². The molecular formula is C11H17NO4. The Morgan fingerprint density at radius 3 is 2.75 bits per heavy atom. The van der Waals surface area contributed by atoms with E-state index >= 15 is 0 Å². The Labute approximate surface area is 94.2 Å². The van der Waals surface area contributed by atoms with Crippen molar-refractivity contribution in [2.24, 2.45) is 0 Å². The van der Waals surface area contributed by atoms with E-state index in [-0.39, 0.29) is 12.5 Å². The summed E-state index contributed by atoms with van der Waals surface area (Å²) in [5.41, 5.74) is 1.11. The number of hydrogen-bond acceptors (Lipinski definition) is 3. The zero-order valence-corrected chi connectivity index (χ0v) is 9.11. The minimum absolute atomic E-state index is 0.228. The standard InChI is InChI=1S/C11H17NO4/c13-9(11(15)16)7-12-10(14)6-8-4-2-1-3-5-8/h4,9,13H,1-3,5-7H2,(H,12,14)(H,15,16)/t9-/m0/s1. The van der Waals surface area contributed by atoms with E-state index in [0.717, 1.165) is 24.8 Å². The number of carbonyl (C=O) groups is 2. The van der Waals surface area contributed by atoms with E-state index in [1.165, 1.54) is 6.42 Å². The Bertz CT molecular complexity index is 298. The van der Waals surface area contributed by atoms with E-state index in [1.807, 2.05) is 0 Å². The van der Waals surface area contributed by atoms with Crippen LogP contribution in [0, 0.1) is 0 Å². The molecule has 0 saturated carbocycles. The third-order valence-electron chi connectivity index (χ3n) is 2.55. The molecule has 0 spiro atoms. The number of hydrogen-bond donors (Lipinski definition) is 3. The summed E-state index contributed by atoms with van der Waals surface area (Å²) in [6.45, 7) is -0.235. The molecule has 90 valence electrons. The van der Waals surface area contributed by atoms with Crippen LogP contribution in [-0.2, 0) is 9.59 Å². The molecule has 0 aromatic heterocycles. The number of rotatable bonds is 5. The molecule has 0 aliphatic heterocycles. The molecule has 1 atom stereocenters. The van der Waals surface area contributed by atoms with Gasteiger partial charge in [-0.2, -0.15) is 0 Å². The van der Waals surface area contributed by atoms with Crippen molar-refractivity contribution in [1.82, 2.24) is 5.32 Å². The van der Waals surface area contributed by atoms with Crippen LogP contribution in [0.2, 0.25) is 0 Å². The average Bonchev–Trinajstić information content (AvgIpc) is 2.27. The third kappa shape index (κ3) is 4.44. The summed E-state index contributed by atoms with van der Waals surface area (Å²) >= 11 is 0. The van der Waals surface area contributed by atoms with Crippen LogP contribution in [0.4, 0.5) is 0 Å². The number of aliphatic carboxylic acids is 1. The summed E-state index contributed by atoms with van der Waals surface area (Å²) in [7, 11) is 0. The van der Waals surface area contributed by atoms with Gasteiger partial charge in [0, 0.05) is 6.42 Å². The number of carboxylic acids is 1. The largest absolute Gasteiger partial charge is 0.479 e. The van der Waals surface area contributed by atoms with Crippen molar-refractivity contribution in [3.63, 3.8) is 0 Å². The summed E-state index contributed by atoms with van der Waals surface area (Å²) in [5, 5.41) is 19.8. The molecule has 0 aromatic carbocycles. The van der Waals surface area contributed by atoms with Gasteiger partial charge in [-0.05, 0) is 25.7 Å². The lowest BCUT2D eigenvalue weighted by atomic mass is 9.97. The van der Waals surface area contributed by atoms with Gasteiger partial charge < -0.3 is 15.5 Å². The fourth-order valence-corrected chi connectivity index (χ4v) is 1.63. The molecule has 5 nitrogen and oxygen atoms in total. The molecule has 1 amide bonds. The van der Waals surface area contributed by atoms with Gasteiger partial charge in [0.05, 0.1) is 6.54 Å². The number of carbonyl (C=O) groups excluding carboxylic acids is 1. The highest BCUT2D eigenvalue weighted by Crippen LogP contribution is 2.19. The Hall–Kier alpha value is -1.36. The van der Waals surface area contributed by atoms with Crippen LogP contribution in [-0.4, -0.2) is 34.7 Å². The van der Waals surface area contributed by atoms with Crippen LogP contribution >= 0.6 is 0 Å². The molecule has 0 bridgehead atoms. The quantitative estimate of drug-likeness (QED) is 0.595. The van der Waals surface area contributed by atoms with E-state index in [1.54, 1.807) is 0 Å². The van der Waals surface area contributed by atoms with Crippen molar-refractivity contribution in [3.8, 4) is 0 Å². The van der Waals surface area contributed by atoms with Crippen molar-refractivity contribution in [2.45, 2.75) is 38.2 Å². The molecule has 3 N–H and O–H groups in total. The lowest BCUT2D eigenvalue weighted by Crippen LogP contribution is -2.36. The minimum Gasteiger partial charge on any atom is -0.479 e. The van der Waals surface area contributed by atoms with Gasteiger partial charge in [-0.1, -0.05) is 11.6 Å². The smallest absolute Gasteiger partial charge is 0.334 e. The highest BCUT2D eigenvalue weighted by atomic mass is 16.4. The number of nitrogens with one attached hydrogen (secondary N) is 1. The van der Waals surface area contributed by atoms with E-state index in [4.69, 9.17) is 10.2 Å². The van der Waals surface area contributed by atoms with E-state index in [0.29, 0.717) is 6.42 Å². The second-order valence-electron chi connectivity index (χ2n) is 3.94. The molecule has 1 rings (SSSR count). The molecule has 0 radical (unpaired) electrons. The molecule has 5 heteroatoms. The maximum atomic E-state index is 11.4. The maximum absolute atomic E-state index is 11.4. The lowest BCUT2D eigenvalue weighted by molar-refractivity contribution is -0.146. The summed E-state index contributed by atoms with van der Waals surface area (Å²) in [6, 6.07) is 0. The van der Waals surface area contributed by atoms with Crippen molar-refractivity contribution in [1.29, 1.82) is 0 Å². The van der Waals surface area contributed by atoms with E-state index < -0.39 is 12.1 Å². The SMILES string of the molecule is O=C(CC1=CCCCC1)NC[C@H](O)C(=O)O. The Kier molecular flexibility index (Phi) is 4.98. The number of aliphatic hydroxyl groups excluding tert-OH is 1. The van der Waals surface area contributed by atoms with Crippen molar-refractivity contribution in [2.75, 3.05) is 6.54 Å². The molecule has 0 aromatic rings. The molecule has 1 aliphatic carbocycles. The van der Waals surface area contributed by atoms with Gasteiger partial charge in [0.2, 0.25) is 5.91 Å². The van der Waals surface area contributed by atoms with Crippen LogP contribution in [0.5, 0.6) is 0 Å². The van der Waals surface area contributed by atoms with E-state index in [2.05, 4.69) is 11.4 Å². The predicted octanol–water partition coefficient (Wildman–Crippen LogP) is 0.439. The normalized spacial score (nSPS) is 17.4. The fourth-order valence-electron chi connectivity index (χ4n) is 1.63. The zero-order chi connectivity index (χ0) is 12.0. The van der Waals surface area contributed by atoms with Crippen molar-refractivity contribution < 1.29 is 19.8 Å². The van der Waals surface area contributed by atoms with Gasteiger partial charge in [0.25, 0.3) is 0 Å². The lowest BCUT2D eigenvalue weighted by Gasteiger charge is -2.13. The fraction of sp³-hybridized carbons (Fsp3) is 0.636. The minimum atomic E-state index is -1.52. The van der Waals surface area contributed by atoms with Crippen LogP contribution < -0.4 is 5.32 Å². The van der Waals surface area contributed by atoms with Crippen LogP contribution in [0.15, 0.2) is 11.6 Å². The van der Waals surface area contributed by atoms with Gasteiger partial charge in [-0.25, -0.2) is 4.79 Å². The van der Waals surface area contributed by atoms with Gasteiger partial charge in [0.1, 0.15) is 0 Å². The molecule has 0 fully saturated rings. The van der Waals surface area contributed by atoms with Crippen molar-refractivity contribution in [3.05, 3.63) is 11.6 Å².